The van der Waals surface area contributed by atoms with Gasteiger partial charge in [-0.2, -0.15) is 17.2 Å². The molecule has 1 aromatic rings. The van der Waals surface area contributed by atoms with E-state index in [1.165, 1.54) is 12.1 Å². The van der Waals surface area contributed by atoms with Crippen LogP contribution in [-0.2, 0) is 30.7 Å². The van der Waals surface area contributed by atoms with Gasteiger partial charge in [-0.05, 0) is 18.6 Å². The number of ether oxygens (including phenoxy) is 2. The molecule has 0 aliphatic heterocycles. The zero-order valence-corrected chi connectivity index (χ0v) is 13.3. The Morgan fingerprint density at radius 1 is 1.33 bits per heavy atom. The maximum atomic E-state index is 13.2. The minimum Gasteiger partial charge on any atom is -0.452 e. The van der Waals surface area contributed by atoms with Crippen molar-refractivity contribution >= 4 is 29.9 Å². The van der Waals surface area contributed by atoms with Crippen molar-refractivity contribution in [3.8, 4) is 0 Å². The minimum atomic E-state index is -5.76. The lowest BCUT2D eigenvalue weighted by molar-refractivity contribution is -0.162. The van der Waals surface area contributed by atoms with Crippen molar-refractivity contribution in [2.24, 2.45) is 0 Å². The predicted molar refractivity (Wildman–Crippen MR) is 78.2 cm³/mol. The maximum absolute atomic E-state index is 13.2. The molecule has 11 heteroatoms. The van der Waals surface area contributed by atoms with Crippen LogP contribution in [0.15, 0.2) is 24.3 Å². The molecule has 0 aliphatic carbocycles. The van der Waals surface area contributed by atoms with Gasteiger partial charge in [0.15, 0.2) is 12.7 Å². The van der Waals surface area contributed by atoms with Crippen molar-refractivity contribution in [1.29, 1.82) is 0 Å². The van der Waals surface area contributed by atoms with Gasteiger partial charge in [-0.3, -0.25) is 4.55 Å². The van der Waals surface area contributed by atoms with E-state index >= 15 is 0 Å². The molecule has 0 bridgehead atoms. The van der Waals surface area contributed by atoms with E-state index in [0.29, 0.717) is 12.5 Å². The third-order valence-corrected chi connectivity index (χ3v) is 3.92. The van der Waals surface area contributed by atoms with E-state index in [0.717, 1.165) is 0 Å². The smallest absolute Gasteiger partial charge is 0.405 e. The Morgan fingerprint density at radius 3 is 2.46 bits per heavy atom. The normalized spacial score (nSPS) is 13.2. The Hall–Kier alpha value is -2.01. The Morgan fingerprint density at radius 2 is 1.92 bits per heavy atom. The van der Waals surface area contributed by atoms with Crippen LogP contribution < -0.4 is 0 Å². The van der Waals surface area contributed by atoms with Crippen LogP contribution in [0.5, 0.6) is 0 Å². The molecule has 7 nitrogen and oxygen atoms in total. The third kappa shape index (κ3) is 4.74. The molecule has 0 fully saturated rings. The summed E-state index contributed by atoms with van der Waals surface area (Å²) in [6, 6.07) is 6.11. The molecule has 1 atom stereocenters. The second-order valence-electron chi connectivity index (χ2n) is 4.61. The van der Waals surface area contributed by atoms with Gasteiger partial charge in [0.25, 0.3) is 0 Å². The average molecular weight is 362 g/mol. The van der Waals surface area contributed by atoms with Gasteiger partial charge in [0, 0.05) is 0 Å². The van der Waals surface area contributed by atoms with E-state index in [2.05, 4.69) is 9.47 Å². The Labute approximate surface area is 138 Å². The monoisotopic (exact) mass is 362 g/mol. The van der Waals surface area contributed by atoms with E-state index in [-0.39, 0.29) is 11.9 Å². The molecule has 0 saturated carbocycles. The second kappa shape index (κ2) is 7.71. The van der Waals surface area contributed by atoms with E-state index in [1.807, 2.05) is 0 Å². The van der Waals surface area contributed by atoms with Crippen molar-refractivity contribution < 1.29 is 40.8 Å². The van der Waals surface area contributed by atoms with Crippen LogP contribution in [0.25, 0.3) is 0 Å². The van der Waals surface area contributed by atoms with Crippen LogP contribution in [0.4, 0.5) is 8.78 Å². The quantitative estimate of drug-likeness (QED) is 0.437. The van der Waals surface area contributed by atoms with Crippen molar-refractivity contribution in [3.05, 3.63) is 35.4 Å². The summed E-state index contributed by atoms with van der Waals surface area (Å²) in [6.45, 7) is -0.457. The molecule has 0 spiro atoms. The van der Waals surface area contributed by atoms with Gasteiger partial charge in [0.05, 0.1) is 13.4 Å². The summed E-state index contributed by atoms with van der Waals surface area (Å²) in [5.41, 5.74) is 0.534. The summed E-state index contributed by atoms with van der Waals surface area (Å²) < 4.78 is 64.6. The molecular weight excluding hydrogens is 349 g/mol. The summed E-state index contributed by atoms with van der Waals surface area (Å²) in [5, 5.41) is -4.70. The molecule has 2 radical (unpaired) electrons. The lowest BCUT2D eigenvalue weighted by atomic mass is 9.93. The second-order valence-corrected chi connectivity index (χ2v) is 6.10. The lowest BCUT2D eigenvalue weighted by Crippen LogP contribution is -2.42. The van der Waals surface area contributed by atoms with E-state index in [9.17, 15) is 26.8 Å². The van der Waals surface area contributed by atoms with Crippen LogP contribution in [0.2, 0.25) is 0 Å². The Balaban J connectivity index is 2.65. The van der Waals surface area contributed by atoms with Gasteiger partial charge in [-0.15, -0.1) is 0 Å². The Kier molecular flexibility index (Phi) is 6.44. The molecule has 1 aromatic carbocycles. The van der Waals surface area contributed by atoms with Crippen LogP contribution in [0, 0.1) is 0 Å². The lowest BCUT2D eigenvalue weighted by Gasteiger charge is -2.20. The first-order valence-electron chi connectivity index (χ1n) is 6.50. The number of hydrogen-bond donors (Lipinski definition) is 1. The molecule has 1 unspecified atom stereocenters. The number of hydrogen-bond acceptors (Lipinski definition) is 6. The van der Waals surface area contributed by atoms with Crippen molar-refractivity contribution in [3.63, 3.8) is 0 Å². The molecule has 24 heavy (non-hydrogen) atoms. The van der Waals surface area contributed by atoms with Crippen LogP contribution in [0.1, 0.15) is 22.8 Å². The SMILES string of the molecule is [B]Cc1ccccc1C(=O)OCC(=O)OC(C)C(F)(F)S(=O)(=O)O. The molecule has 0 aliphatic rings. The van der Waals surface area contributed by atoms with Crippen LogP contribution >= 0.6 is 0 Å². The topological polar surface area (TPSA) is 107 Å². The number of halogens is 2. The fourth-order valence-electron chi connectivity index (χ4n) is 1.61. The van der Waals surface area contributed by atoms with Gasteiger partial charge in [0.1, 0.15) is 0 Å². The van der Waals surface area contributed by atoms with E-state index in [4.69, 9.17) is 12.4 Å². The molecular formula is C13H13BF2O7S. The average Bonchev–Trinajstić information content (AvgIpc) is 2.51. The van der Waals surface area contributed by atoms with Crippen molar-refractivity contribution in [2.45, 2.75) is 24.6 Å². The number of carbonyl (C=O) groups is 2. The summed E-state index contributed by atoms with van der Waals surface area (Å²) in [5.74, 6) is -2.34. The summed E-state index contributed by atoms with van der Waals surface area (Å²) in [7, 11) is -0.327. The highest BCUT2D eigenvalue weighted by molar-refractivity contribution is 7.86. The molecule has 0 aromatic heterocycles. The zero-order chi connectivity index (χ0) is 18.5. The molecule has 0 saturated heterocycles. The minimum absolute atomic E-state index is 0.0351. The number of rotatable bonds is 7. The fraction of sp³-hybridized carbons (Fsp3) is 0.385. The molecule has 1 rings (SSSR count). The molecule has 130 valence electrons. The first-order valence-corrected chi connectivity index (χ1v) is 7.94. The van der Waals surface area contributed by atoms with Gasteiger partial charge in [-0.25, -0.2) is 9.59 Å². The summed E-state index contributed by atoms with van der Waals surface area (Å²) >= 11 is 0. The first kappa shape index (κ1) is 20.0. The highest BCUT2D eigenvalue weighted by atomic mass is 32.2. The molecule has 0 amide bonds. The predicted octanol–water partition coefficient (Wildman–Crippen LogP) is 0.924. The largest absolute Gasteiger partial charge is 0.452 e. The standard InChI is InChI=1S/C13H13BF2O7S/c1-8(13(15,16)24(19,20)21)23-11(17)7-22-12(18)10-5-3-2-4-9(10)6-14/h2-5,8H,6-7H2,1H3,(H,19,20,21). The van der Waals surface area contributed by atoms with Crippen molar-refractivity contribution in [2.75, 3.05) is 6.61 Å². The van der Waals surface area contributed by atoms with Crippen LogP contribution in [0.3, 0.4) is 0 Å². The summed E-state index contributed by atoms with van der Waals surface area (Å²) in [6.07, 6.45) is -2.44. The van der Waals surface area contributed by atoms with Gasteiger partial charge >= 0.3 is 27.3 Å². The molecule has 1 N–H and O–H groups in total. The number of benzene rings is 1. The maximum Gasteiger partial charge on any atom is 0.405 e. The van der Waals surface area contributed by atoms with E-state index < -0.39 is 40.0 Å². The third-order valence-electron chi connectivity index (χ3n) is 2.90. The molecule has 0 heterocycles. The number of esters is 2. The zero-order valence-electron chi connectivity index (χ0n) is 12.4. The van der Waals surface area contributed by atoms with Crippen molar-refractivity contribution in [1.82, 2.24) is 0 Å². The highest BCUT2D eigenvalue weighted by Gasteiger charge is 2.52. The van der Waals surface area contributed by atoms with E-state index in [1.54, 1.807) is 12.1 Å². The first-order chi connectivity index (χ1) is 11.0. The number of alkyl halides is 2. The fourth-order valence-corrected chi connectivity index (χ4v) is 2.08. The van der Waals surface area contributed by atoms with Gasteiger partial charge < -0.3 is 9.47 Å². The Bertz CT molecular complexity index is 721. The van der Waals surface area contributed by atoms with Gasteiger partial charge in [-0.1, -0.05) is 24.5 Å². The highest BCUT2D eigenvalue weighted by Crippen LogP contribution is 2.27. The van der Waals surface area contributed by atoms with Gasteiger partial charge in [0.2, 0.25) is 0 Å². The summed E-state index contributed by atoms with van der Waals surface area (Å²) in [4.78, 5) is 23.2. The van der Waals surface area contributed by atoms with Crippen LogP contribution in [-0.4, -0.2) is 50.7 Å². The number of carbonyl (C=O) groups excluding carboxylic acids is 2.